The van der Waals surface area contributed by atoms with E-state index in [1.165, 1.54) is 5.56 Å². The molecule has 2 N–H and O–H groups in total. The summed E-state index contributed by atoms with van der Waals surface area (Å²) in [5, 5.41) is 14.0. The molecule has 0 radical (unpaired) electrons. The van der Waals surface area contributed by atoms with Gasteiger partial charge in [-0.1, -0.05) is 29.8 Å². The molecule has 1 saturated heterocycles. The topological polar surface area (TPSA) is 71.0 Å². The van der Waals surface area contributed by atoms with E-state index in [1.807, 2.05) is 24.3 Å². The van der Waals surface area contributed by atoms with Crippen LogP contribution in [0.15, 0.2) is 42.5 Å². The molecule has 2 aliphatic rings. The van der Waals surface area contributed by atoms with Crippen LogP contribution in [0.3, 0.4) is 0 Å². The van der Waals surface area contributed by atoms with Crippen molar-refractivity contribution in [3.63, 3.8) is 0 Å². The van der Waals surface area contributed by atoms with Crippen molar-refractivity contribution in [1.82, 2.24) is 10.2 Å². The number of piperidine rings is 1. The molecule has 6 heteroatoms. The fourth-order valence-electron chi connectivity index (χ4n) is 3.91. The van der Waals surface area contributed by atoms with Gasteiger partial charge < -0.3 is 24.8 Å². The first kappa shape index (κ1) is 19.7. The second kappa shape index (κ2) is 8.43. The van der Waals surface area contributed by atoms with Gasteiger partial charge in [0.1, 0.15) is 13.2 Å². The first-order chi connectivity index (χ1) is 14.0. The van der Waals surface area contributed by atoms with E-state index in [-0.39, 0.29) is 5.91 Å². The zero-order chi connectivity index (χ0) is 20.3. The van der Waals surface area contributed by atoms with Crippen LogP contribution in [0.5, 0.6) is 11.5 Å². The zero-order valence-electron chi connectivity index (χ0n) is 16.8. The minimum Gasteiger partial charge on any atom is -0.486 e. The summed E-state index contributed by atoms with van der Waals surface area (Å²) in [6, 6.07) is 13.4. The molecular weight excluding hydrogens is 368 g/mol. The van der Waals surface area contributed by atoms with Crippen molar-refractivity contribution in [2.24, 2.45) is 0 Å². The van der Waals surface area contributed by atoms with Crippen LogP contribution in [0.4, 0.5) is 0 Å². The van der Waals surface area contributed by atoms with E-state index in [0.717, 1.165) is 25.2 Å². The van der Waals surface area contributed by atoms with Crippen molar-refractivity contribution in [3.8, 4) is 11.5 Å². The van der Waals surface area contributed by atoms with Crippen LogP contribution in [-0.2, 0) is 5.60 Å². The Bertz CT molecular complexity index is 858. The van der Waals surface area contributed by atoms with Gasteiger partial charge in [-0.05, 0) is 43.5 Å². The van der Waals surface area contributed by atoms with Gasteiger partial charge in [0, 0.05) is 31.7 Å². The lowest BCUT2D eigenvalue weighted by Gasteiger charge is -2.38. The third-order valence-corrected chi connectivity index (χ3v) is 5.79. The monoisotopic (exact) mass is 396 g/mol. The fraction of sp³-hybridized carbons (Fsp3) is 0.435. The highest BCUT2D eigenvalue weighted by Gasteiger charge is 2.33. The number of aliphatic hydroxyl groups is 1. The third-order valence-electron chi connectivity index (χ3n) is 5.79. The van der Waals surface area contributed by atoms with Gasteiger partial charge in [-0.2, -0.15) is 0 Å². The zero-order valence-corrected chi connectivity index (χ0v) is 16.8. The van der Waals surface area contributed by atoms with E-state index in [0.29, 0.717) is 49.7 Å². The van der Waals surface area contributed by atoms with E-state index in [9.17, 15) is 9.90 Å². The van der Waals surface area contributed by atoms with Gasteiger partial charge in [-0.25, -0.2) is 0 Å². The molecule has 0 aromatic heterocycles. The number of ether oxygens (including phenoxy) is 2. The van der Waals surface area contributed by atoms with Crippen LogP contribution in [0.1, 0.15) is 34.3 Å². The van der Waals surface area contributed by atoms with Crippen molar-refractivity contribution in [2.75, 3.05) is 39.4 Å². The highest BCUT2D eigenvalue weighted by atomic mass is 16.6. The first-order valence-corrected chi connectivity index (χ1v) is 10.2. The largest absolute Gasteiger partial charge is 0.486 e. The van der Waals surface area contributed by atoms with Crippen LogP contribution in [0.2, 0.25) is 0 Å². The number of rotatable bonds is 5. The van der Waals surface area contributed by atoms with Crippen LogP contribution >= 0.6 is 0 Å². The second-order valence-electron chi connectivity index (χ2n) is 7.85. The quantitative estimate of drug-likeness (QED) is 0.813. The standard InChI is InChI=1S/C23H28N2O4/c1-17-2-5-19(6-3-17)23(27)8-11-25(12-9-23)13-10-24-22(26)18-4-7-20-21(16-18)29-15-14-28-20/h2-7,16,27H,8-15H2,1H3,(H,24,26). The molecule has 0 aliphatic carbocycles. The highest BCUT2D eigenvalue weighted by molar-refractivity contribution is 5.94. The fourth-order valence-corrected chi connectivity index (χ4v) is 3.91. The summed E-state index contributed by atoms with van der Waals surface area (Å²) in [6.45, 7) is 6.04. The number of aryl methyl sites for hydroxylation is 1. The van der Waals surface area contributed by atoms with Crippen molar-refractivity contribution in [2.45, 2.75) is 25.4 Å². The molecule has 4 rings (SSSR count). The Balaban J connectivity index is 1.24. The summed E-state index contributed by atoms with van der Waals surface area (Å²) in [6.07, 6.45) is 1.40. The average molecular weight is 396 g/mol. The summed E-state index contributed by atoms with van der Waals surface area (Å²) < 4.78 is 11.0. The molecule has 0 bridgehead atoms. The predicted octanol–water partition coefficient (Wildman–Crippen LogP) is 2.48. The van der Waals surface area contributed by atoms with Gasteiger partial charge in [0.25, 0.3) is 5.91 Å². The van der Waals surface area contributed by atoms with Gasteiger partial charge in [-0.15, -0.1) is 0 Å². The van der Waals surface area contributed by atoms with Crippen molar-refractivity contribution < 1.29 is 19.4 Å². The highest BCUT2D eigenvalue weighted by Crippen LogP contribution is 2.33. The van der Waals surface area contributed by atoms with Gasteiger partial charge in [-0.3, -0.25) is 4.79 Å². The minimum absolute atomic E-state index is 0.116. The lowest BCUT2D eigenvalue weighted by molar-refractivity contribution is -0.0255. The molecule has 0 unspecified atom stereocenters. The minimum atomic E-state index is -0.751. The van der Waals surface area contributed by atoms with Gasteiger partial charge in [0.2, 0.25) is 0 Å². The number of carbonyl (C=O) groups excluding carboxylic acids is 1. The SMILES string of the molecule is Cc1ccc(C2(O)CCN(CCNC(=O)c3ccc4c(c3)OCCO4)CC2)cc1. The maximum atomic E-state index is 12.4. The maximum absolute atomic E-state index is 12.4. The number of fused-ring (bicyclic) bond motifs is 1. The Morgan fingerprint density at radius 2 is 1.76 bits per heavy atom. The first-order valence-electron chi connectivity index (χ1n) is 10.2. The number of nitrogens with zero attached hydrogens (tertiary/aromatic N) is 1. The maximum Gasteiger partial charge on any atom is 0.251 e. The predicted molar refractivity (Wildman–Crippen MR) is 111 cm³/mol. The van der Waals surface area contributed by atoms with Crippen molar-refractivity contribution >= 4 is 5.91 Å². The van der Waals surface area contributed by atoms with E-state index < -0.39 is 5.60 Å². The molecule has 2 heterocycles. The Morgan fingerprint density at radius 1 is 1.07 bits per heavy atom. The average Bonchev–Trinajstić information content (AvgIpc) is 2.75. The molecule has 1 amide bonds. The Hall–Kier alpha value is -2.57. The molecule has 0 atom stereocenters. The van der Waals surface area contributed by atoms with Crippen LogP contribution in [0.25, 0.3) is 0 Å². The molecule has 2 aromatic carbocycles. The molecule has 1 fully saturated rings. The molecule has 154 valence electrons. The smallest absolute Gasteiger partial charge is 0.251 e. The van der Waals surface area contributed by atoms with Crippen LogP contribution in [-0.4, -0.2) is 55.3 Å². The van der Waals surface area contributed by atoms with E-state index in [1.54, 1.807) is 18.2 Å². The lowest BCUT2D eigenvalue weighted by atomic mass is 9.84. The number of amides is 1. The normalized spacial score (nSPS) is 18.3. The van der Waals surface area contributed by atoms with E-state index in [2.05, 4.69) is 17.1 Å². The van der Waals surface area contributed by atoms with Gasteiger partial charge in [0.05, 0.1) is 5.60 Å². The van der Waals surface area contributed by atoms with Gasteiger partial charge in [0.15, 0.2) is 11.5 Å². The van der Waals surface area contributed by atoms with Gasteiger partial charge >= 0.3 is 0 Å². The Kier molecular flexibility index (Phi) is 5.74. The summed E-state index contributed by atoms with van der Waals surface area (Å²) in [5.74, 6) is 1.19. The molecule has 0 saturated carbocycles. The molecule has 0 spiro atoms. The van der Waals surface area contributed by atoms with E-state index >= 15 is 0 Å². The molecule has 2 aliphatic heterocycles. The van der Waals surface area contributed by atoms with Crippen LogP contribution in [0, 0.1) is 6.92 Å². The molecule has 2 aromatic rings. The number of nitrogens with one attached hydrogen (secondary N) is 1. The van der Waals surface area contributed by atoms with Crippen LogP contribution < -0.4 is 14.8 Å². The van der Waals surface area contributed by atoms with E-state index in [4.69, 9.17) is 9.47 Å². The summed E-state index contributed by atoms with van der Waals surface area (Å²) in [7, 11) is 0. The van der Waals surface area contributed by atoms with Crippen molar-refractivity contribution in [3.05, 3.63) is 59.2 Å². The number of carbonyl (C=O) groups is 1. The molecular formula is C23H28N2O4. The third kappa shape index (κ3) is 4.54. The summed E-state index contributed by atoms with van der Waals surface area (Å²) in [4.78, 5) is 14.7. The van der Waals surface area contributed by atoms with Crippen molar-refractivity contribution in [1.29, 1.82) is 0 Å². The second-order valence-corrected chi connectivity index (χ2v) is 7.85. The Labute approximate surface area is 171 Å². The number of hydrogen-bond donors (Lipinski definition) is 2. The number of hydrogen-bond acceptors (Lipinski definition) is 5. The molecule has 6 nitrogen and oxygen atoms in total. The summed E-state index contributed by atoms with van der Waals surface area (Å²) in [5.41, 5.74) is 2.01. The number of likely N-dealkylation sites (tertiary alicyclic amines) is 1. The lowest BCUT2D eigenvalue weighted by Crippen LogP contribution is -2.45. The Morgan fingerprint density at radius 3 is 2.48 bits per heavy atom. The number of benzene rings is 2. The summed E-state index contributed by atoms with van der Waals surface area (Å²) >= 11 is 0. The molecule has 29 heavy (non-hydrogen) atoms.